The third-order valence-electron chi connectivity index (χ3n) is 5.27. The number of aromatic nitrogens is 3. The van der Waals surface area contributed by atoms with Gasteiger partial charge in [0.1, 0.15) is 5.69 Å². The molecular formula is C25H20N4O2. The van der Waals surface area contributed by atoms with Crippen LogP contribution in [0.2, 0.25) is 0 Å². The molecule has 3 aromatic heterocycles. The van der Waals surface area contributed by atoms with Gasteiger partial charge in [0.05, 0.1) is 40.1 Å². The number of rotatable bonds is 4. The molecule has 0 bridgehead atoms. The third kappa shape index (κ3) is 3.38. The molecule has 5 aromatic rings. The van der Waals surface area contributed by atoms with Crippen molar-refractivity contribution in [2.75, 3.05) is 5.32 Å². The predicted octanol–water partition coefficient (Wildman–Crippen LogP) is 5.55. The molecule has 6 heteroatoms. The highest BCUT2D eigenvalue weighted by Gasteiger charge is 2.19. The number of hydrogen-bond acceptors (Lipinski definition) is 4. The highest BCUT2D eigenvalue weighted by Crippen LogP contribution is 2.28. The Bertz CT molecular complexity index is 1390. The van der Waals surface area contributed by atoms with E-state index < -0.39 is 0 Å². The monoisotopic (exact) mass is 408 g/mol. The largest absolute Gasteiger partial charge is 0.463 e. The maximum Gasteiger partial charge on any atom is 0.256 e. The molecule has 1 N–H and O–H groups in total. The average Bonchev–Trinajstić information content (AvgIpc) is 3.43. The van der Waals surface area contributed by atoms with Gasteiger partial charge in [0.25, 0.3) is 5.91 Å². The first-order valence-corrected chi connectivity index (χ1v) is 9.98. The number of aryl methyl sites for hydroxylation is 1. The molecule has 0 saturated heterocycles. The Morgan fingerprint density at radius 1 is 0.968 bits per heavy atom. The lowest BCUT2D eigenvalue weighted by Gasteiger charge is -2.10. The van der Waals surface area contributed by atoms with Crippen LogP contribution in [0.15, 0.2) is 83.5 Å². The van der Waals surface area contributed by atoms with Gasteiger partial charge in [0, 0.05) is 5.39 Å². The van der Waals surface area contributed by atoms with Gasteiger partial charge in [-0.1, -0.05) is 36.4 Å². The first-order valence-electron chi connectivity index (χ1n) is 9.98. The molecule has 31 heavy (non-hydrogen) atoms. The van der Waals surface area contributed by atoms with Crippen LogP contribution in [-0.4, -0.2) is 20.7 Å². The number of para-hydroxylation sites is 2. The van der Waals surface area contributed by atoms with Crippen molar-refractivity contribution in [1.29, 1.82) is 0 Å². The Morgan fingerprint density at radius 2 is 1.74 bits per heavy atom. The van der Waals surface area contributed by atoms with Gasteiger partial charge < -0.3 is 9.73 Å². The first kappa shape index (κ1) is 18.8. The van der Waals surface area contributed by atoms with E-state index in [4.69, 9.17) is 4.42 Å². The lowest BCUT2D eigenvalue weighted by molar-refractivity contribution is 0.102. The quantitative estimate of drug-likeness (QED) is 0.423. The topological polar surface area (TPSA) is 73.0 Å². The molecule has 1 amide bonds. The Hall–Kier alpha value is -4.19. The van der Waals surface area contributed by atoms with Crippen molar-refractivity contribution in [2.45, 2.75) is 13.8 Å². The fourth-order valence-electron chi connectivity index (χ4n) is 3.74. The van der Waals surface area contributed by atoms with Crippen LogP contribution < -0.4 is 5.32 Å². The summed E-state index contributed by atoms with van der Waals surface area (Å²) in [4.78, 5) is 18.1. The Morgan fingerprint density at radius 3 is 2.52 bits per heavy atom. The number of fused-ring (bicyclic) bond motifs is 1. The van der Waals surface area contributed by atoms with Crippen LogP contribution in [-0.2, 0) is 0 Å². The van der Waals surface area contributed by atoms with Gasteiger partial charge >= 0.3 is 0 Å². The zero-order chi connectivity index (χ0) is 21.4. The summed E-state index contributed by atoms with van der Waals surface area (Å²) in [5, 5.41) is 8.47. The minimum absolute atomic E-state index is 0.217. The van der Waals surface area contributed by atoms with Crippen molar-refractivity contribution in [3.63, 3.8) is 0 Å². The van der Waals surface area contributed by atoms with Crippen LogP contribution in [0, 0.1) is 13.8 Å². The minimum atomic E-state index is -0.217. The second kappa shape index (κ2) is 7.57. The van der Waals surface area contributed by atoms with Crippen molar-refractivity contribution in [3.05, 3.63) is 96.0 Å². The van der Waals surface area contributed by atoms with E-state index in [2.05, 4.69) is 15.4 Å². The number of benzene rings is 2. The molecule has 0 aliphatic heterocycles. The third-order valence-corrected chi connectivity index (χ3v) is 5.27. The van der Waals surface area contributed by atoms with E-state index in [0.717, 1.165) is 28.0 Å². The number of furan rings is 1. The Kier molecular flexibility index (Phi) is 4.59. The molecule has 0 unspecified atom stereocenters. The summed E-state index contributed by atoms with van der Waals surface area (Å²) < 4.78 is 7.34. The molecule has 0 radical (unpaired) electrons. The molecular weight excluding hydrogens is 388 g/mol. The summed E-state index contributed by atoms with van der Waals surface area (Å²) in [7, 11) is 0. The zero-order valence-electron chi connectivity index (χ0n) is 17.2. The summed E-state index contributed by atoms with van der Waals surface area (Å²) in [5.41, 5.74) is 5.13. The number of carbonyl (C=O) groups is 1. The normalized spacial score (nSPS) is 11.0. The van der Waals surface area contributed by atoms with E-state index in [-0.39, 0.29) is 5.91 Å². The molecule has 3 heterocycles. The van der Waals surface area contributed by atoms with Crippen molar-refractivity contribution >= 4 is 22.5 Å². The van der Waals surface area contributed by atoms with Gasteiger partial charge in [0.15, 0.2) is 5.76 Å². The summed E-state index contributed by atoms with van der Waals surface area (Å²) in [6.07, 6.45) is 1.59. The molecule has 0 saturated carbocycles. The van der Waals surface area contributed by atoms with Crippen LogP contribution in [0.25, 0.3) is 28.0 Å². The van der Waals surface area contributed by atoms with E-state index >= 15 is 0 Å². The molecule has 0 spiro atoms. The van der Waals surface area contributed by atoms with E-state index in [0.29, 0.717) is 22.7 Å². The number of carbonyl (C=O) groups excluding carboxylic acids is 1. The number of amides is 1. The zero-order valence-corrected chi connectivity index (χ0v) is 17.2. The molecule has 2 aromatic carbocycles. The Balaban J connectivity index is 1.57. The van der Waals surface area contributed by atoms with Crippen LogP contribution in [0.1, 0.15) is 21.7 Å². The predicted molar refractivity (Wildman–Crippen MR) is 120 cm³/mol. The van der Waals surface area contributed by atoms with E-state index in [9.17, 15) is 4.79 Å². The standard InChI is InChI=1S/C25H20N4O2/c1-16-24(17(2)29(28-16)18-9-4-3-5-10-18)27-25(30)20-15-22(23-13-8-14-31-23)26-21-12-7-6-11-19(20)21/h3-15H,1-2H3,(H,27,30). The summed E-state index contributed by atoms with van der Waals surface area (Å²) in [6.45, 7) is 3.84. The van der Waals surface area contributed by atoms with E-state index in [1.165, 1.54) is 0 Å². The summed E-state index contributed by atoms with van der Waals surface area (Å²) in [6, 6.07) is 22.8. The molecule has 0 aliphatic rings. The lowest BCUT2D eigenvalue weighted by Crippen LogP contribution is -2.14. The van der Waals surface area contributed by atoms with Crippen molar-refractivity contribution in [1.82, 2.24) is 14.8 Å². The number of hydrogen-bond donors (Lipinski definition) is 1. The second-order valence-electron chi connectivity index (χ2n) is 7.30. The molecule has 6 nitrogen and oxygen atoms in total. The van der Waals surface area contributed by atoms with Gasteiger partial charge in [-0.2, -0.15) is 5.10 Å². The first-order chi connectivity index (χ1) is 15.1. The number of anilines is 1. The maximum absolute atomic E-state index is 13.4. The van der Waals surface area contributed by atoms with Gasteiger partial charge in [0.2, 0.25) is 0 Å². The van der Waals surface area contributed by atoms with Crippen LogP contribution in [0.4, 0.5) is 5.69 Å². The van der Waals surface area contributed by atoms with Crippen molar-refractivity contribution in [2.24, 2.45) is 0 Å². The molecule has 0 atom stereocenters. The SMILES string of the molecule is Cc1nn(-c2ccccc2)c(C)c1NC(=O)c1cc(-c2ccco2)nc2ccccc12. The smallest absolute Gasteiger partial charge is 0.256 e. The highest BCUT2D eigenvalue weighted by molar-refractivity contribution is 6.13. The molecule has 0 aliphatic carbocycles. The van der Waals surface area contributed by atoms with Crippen LogP contribution in [0.5, 0.6) is 0 Å². The maximum atomic E-state index is 13.4. The molecule has 152 valence electrons. The number of pyridine rings is 1. The van der Waals surface area contributed by atoms with E-state index in [1.54, 1.807) is 18.4 Å². The number of nitrogens with one attached hydrogen (secondary N) is 1. The van der Waals surface area contributed by atoms with Gasteiger partial charge in [-0.25, -0.2) is 9.67 Å². The fraction of sp³-hybridized carbons (Fsp3) is 0.0800. The average molecular weight is 408 g/mol. The van der Waals surface area contributed by atoms with Crippen LogP contribution >= 0.6 is 0 Å². The second-order valence-corrected chi connectivity index (χ2v) is 7.30. The molecule has 0 fully saturated rings. The minimum Gasteiger partial charge on any atom is -0.463 e. The van der Waals surface area contributed by atoms with E-state index in [1.807, 2.05) is 79.2 Å². The van der Waals surface area contributed by atoms with Crippen molar-refractivity contribution in [3.8, 4) is 17.1 Å². The van der Waals surface area contributed by atoms with Gasteiger partial charge in [-0.05, 0) is 50.2 Å². The summed E-state index contributed by atoms with van der Waals surface area (Å²) in [5.74, 6) is 0.397. The van der Waals surface area contributed by atoms with Crippen molar-refractivity contribution < 1.29 is 9.21 Å². The van der Waals surface area contributed by atoms with Gasteiger partial charge in [-0.15, -0.1) is 0 Å². The fourth-order valence-corrected chi connectivity index (χ4v) is 3.74. The van der Waals surface area contributed by atoms with Crippen LogP contribution in [0.3, 0.4) is 0 Å². The number of nitrogens with zero attached hydrogens (tertiary/aromatic N) is 3. The van der Waals surface area contributed by atoms with Gasteiger partial charge in [-0.3, -0.25) is 4.79 Å². The highest BCUT2D eigenvalue weighted by atomic mass is 16.3. The molecule has 5 rings (SSSR count). The lowest BCUT2D eigenvalue weighted by atomic mass is 10.1. The Labute approximate surface area is 179 Å². The summed E-state index contributed by atoms with van der Waals surface area (Å²) >= 11 is 0.